The molecule has 12 heteroatoms. The molecule has 1 heterocycles. The molecule has 0 spiro atoms. The van der Waals surface area contributed by atoms with Crippen LogP contribution in [0.1, 0.15) is 32.3 Å². The van der Waals surface area contributed by atoms with E-state index in [1.807, 2.05) is 38.1 Å². The molecule has 12 nitrogen and oxygen atoms in total. The summed E-state index contributed by atoms with van der Waals surface area (Å²) in [4.78, 5) is 63.3. The Morgan fingerprint density at radius 3 is 2.29 bits per heavy atom. The predicted octanol–water partition coefficient (Wildman–Crippen LogP) is -0.870. The molecule has 0 saturated heterocycles. The van der Waals surface area contributed by atoms with Crippen molar-refractivity contribution < 1.29 is 29.1 Å². The maximum Gasteiger partial charge on any atom is 0.322 e. The number of amides is 4. The Morgan fingerprint density at radius 1 is 1.00 bits per heavy atom. The minimum Gasteiger partial charge on any atom is -0.480 e. The molecule has 3 atom stereocenters. The van der Waals surface area contributed by atoms with Gasteiger partial charge in [-0.15, -0.1) is 0 Å². The largest absolute Gasteiger partial charge is 0.480 e. The minimum atomic E-state index is -1.40. The van der Waals surface area contributed by atoms with Crippen molar-refractivity contribution in [2.24, 2.45) is 17.4 Å². The summed E-state index contributed by atoms with van der Waals surface area (Å²) < 4.78 is 0. The molecule has 1 aromatic heterocycles. The first-order valence-electron chi connectivity index (χ1n) is 11.2. The highest BCUT2D eigenvalue weighted by molar-refractivity contribution is 5.96. The number of para-hydroxylation sites is 1. The number of carboxylic acids is 1. The second-order valence-corrected chi connectivity index (χ2v) is 8.70. The third-order valence-electron chi connectivity index (χ3n) is 5.24. The highest BCUT2D eigenvalue weighted by Gasteiger charge is 2.30. The van der Waals surface area contributed by atoms with Crippen LogP contribution in [0.15, 0.2) is 30.5 Å². The van der Waals surface area contributed by atoms with E-state index in [4.69, 9.17) is 16.6 Å². The minimum absolute atomic E-state index is 0.00804. The van der Waals surface area contributed by atoms with E-state index in [0.717, 1.165) is 16.5 Å². The number of fused-ring (bicyclic) bond motifs is 1. The van der Waals surface area contributed by atoms with Crippen LogP contribution >= 0.6 is 0 Å². The van der Waals surface area contributed by atoms with Crippen LogP contribution < -0.4 is 27.4 Å². The van der Waals surface area contributed by atoms with Gasteiger partial charge >= 0.3 is 5.97 Å². The molecule has 9 N–H and O–H groups in total. The van der Waals surface area contributed by atoms with Crippen molar-refractivity contribution in [3.05, 3.63) is 36.0 Å². The van der Waals surface area contributed by atoms with Crippen molar-refractivity contribution in [2.75, 3.05) is 6.54 Å². The normalized spacial score (nSPS) is 13.6. The number of benzene rings is 1. The molecular weight excluding hydrogens is 456 g/mol. The van der Waals surface area contributed by atoms with Gasteiger partial charge in [-0.1, -0.05) is 32.0 Å². The van der Waals surface area contributed by atoms with Gasteiger partial charge in [0, 0.05) is 17.1 Å². The standard InChI is InChI=1S/C23H32N6O6/c1-12(2)7-17(23(35)29-18(9-19(25)30)22(34)27-11-20(31)32)28-21(33)15(24)8-13-10-26-16-6-4-3-5-14(13)16/h3-6,10,12,15,17-18,26H,7-9,11,24H2,1-2H3,(H2,25,30)(H,27,34)(H,28,33)(H,29,35)(H,31,32). The smallest absolute Gasteiger partial charge is 0.322 e. The number of H-pyrrole nitrogens is 1. The van der Waals surface area contributed by atoms with Gasteiger partial charge in [0.15, 0.2) is 0 Å². The second-order valence-electron chi connectivity index (χ2n) is 8.70. The lowest BCUT2D eigenvalue weighted by Crippen LogP contribution is -2.57. The number of nitrogens with two attached hydrogens (primary N) is 2. The van der Waals surface area contributed by atoms with Gasteiger partial charge in [0.1, 0.15) is 18.6 Å². The summed E-state index contributed by atoms with van der Waals surface area (Å²) in [7, 11) is 0. The van der Waals surface area contributed by atoms with Crippen LogP contribution in [0.3, 0.4) is 0 Å². The van der Waals surface area contributed by atoms with E-state index < -0.39 is 60.7 Å². The third-order valence-corrected chi connectivity index (χ3v) is 5.24. The number of hydrogen-bond acceptors (Lipinski definition) is 6. The number of carbonyl (C=O) groups excluding carboxylic acids is 4. The highest BCUT2D eigenvalue weighted by Crippen LogP contribution is 2.19. The lowest BCUT2D eigenvalue weighted by molar-refractivity contribution is -0.138. The molecule has 0 fully saturated rings. The SMILES string of the molecule is CC(C)CC(NC(=O)C(N)Cc1c[nH]c2ccccc12)C(=O)NC(CC(N)=O)C(=O)NCC(=O)O. The summed E-state index contributed by atoms with van der Waals surface area (Å²) in [5.41, 5.74) is 13.1. The first kappa shape index (κ1) is 27.3. The Labute approximate surface area is 202 Å². The van der Waals surface area contributed by atoms with Crippen molar-refractivity contribution in [1.82, 2.24) is 20.9 Å². The van der Waals surface area contributed by atoms with Crippen LogP contribution in [0.4, 0.5) is 0 Å². The first-order chi connectivity index (χ1) is 16.5. The molecule has 0 saturated carbocycles. The summed E-state index contributed by atoms with van der Waals surface area (Å²) >= 11 is 0. The van der Waals surface area contributed by atoms with Gasteiger partial charge in [0.25, 0.3) is 0 Å². The monoisotopic (exact) mass is 488 g/mol. The Kier molecular flexibility index (Phi) is 9.76. The van der Waals surface area contributed by atoms with Crippen LogP contribution in [0.2, 0.25) is 0 Å². The second kappa shape index (κ2) is 12.5. The van der Waals surface area contributed by atoms with E-state index in [1.165, 1.54) is 0 Å². The van der Waals surface area contributed by atoms with Gasteiger partial charge in [-0.3, -0.25) is 24.0 Å². The Hall–Kier alpha value is -3.93. The van der Waals surface area contributed by atoms with Crippen LogP contribution in [-0.4, -0.2) is 64.4 Å². The average Bonchev–Trinajstić information content (AvgIpc) is 3.18. The zero-order chi connectivity index (χ0) is 26.1. The topological polar surface area (TPSA) is 209 Å². The maximum absolute atomic E-state index is 12.9. The number of nitrogens with one attached hydrogen (secondary N) is 4. The van der Waals surface area contributed by atoms with Crippen molar-refractivity contribution in [1.29, 1.82) is 0 Å². The third kappa shape index (κ3) is 8.41. The van der Waals surface area contributed by atoms with Crippen LogP contribution in [0.5, 0.6) is 0 Å². The number of rotatable bonds is 13. The zero-order valence-corrected chi connectivity index (χ0v) is 19.7. The maximum atomic E-state index is 12.9. The van der Waals surface area contributed by atoms with Crippen molar-refractivity contribution >= 4 is 40.5 Å². The number of carbonyl (C=O) groups is 5. The van der Waals surface area contributed by atoms with E-state index in [0.29, 0.717) is 0 Å². The van der Waals surface area contributed by atoms with E-state index in [9.17, 15) is 24.0 Å². The van der Waals surface area contributed by atoms with Crippen molar-refractivity contribution in [2.45, 2.75) is 51.2 Å². The summed E-state index contributed by atoms with van der Waals surface area (Å²) in [6.07, 6.45) is 1.70. The van der Waals surface area contributed by atoms with E-state index in [2.05, 4.69) is 20.9 Å². The molecule has 4 amide bonds. The molecule has 0 aliphatic heterocycles. The molecule has 0 radical (unpaired) electrons. The number of primary amides is 1. The zero-order valence-electron chi connectivity index (χ0n) is 19.7. The van der Waals surface area contributed by atoms with Gasteiger partial charge in [-0.2, -0.15) is 0 Å². The fourth-order valence-corrected chi connectivity index (χ4v) is 3.58. The summed E-state index contributed by atoms with van der Waals surface area (Å²) in [6.45, 7) is 3.00. The molecule has 0 bridgehead atoms. The van der Waals surface area contributed by atoms with Crippen LogP contribution in [0.25, 0.3) is 10.9 Å². The van der Waals surface area contributed by atoms with Gasteiger partial charge < -0.3 is 37.5 Å². The van der Waals surface area contributed by atoms with Gasteiger partial charge in [-0.05, 0) is 30.4 Å². The molecule has 1 aromatic carbocycles. The van der Waals surface area contributed by atoms with E-state index >= 15 is 0 Å². The van der Waals surface area contributed by atoms with Crippen molar-refractivity contribution in [3.8, 4) is 0 Å². The molecule has 0 aliphatic rings. The first-order valence-corrected chi connectivity index (χ1v) is 11.2. The Bertz CT molecular complexity index is 1080. The fraction of sp³-hybridized carbons (Fsp3) is 0.435. The fourth-order valence-electron chi connectivity index (χ4n) is 3.58. The van der Waals surface area contributed by atoms with E-state index in [-0.39, 0.29) is 18.8 Å². The highest BCUT2D eigenvalue weighted by atomic mass is 16.4. The quantitative estimate of drug-likeness (QED) is 0.189. The van der Waals surface area contributed by atoms with Crippen molar-refractivity contribution in [3.63, 3.8) is 0 Å². The molecule has 35 heavy (non-hydrogen) atoms. The van der Waals surface area contributed by atoms with Gasteiger partial charge in [-0.25, -0.2) is 0 Å². The Balaban J connectivity index is 2.09. The summed E-state index contributed by atoms with van der Waals surface area (Å²) in [5, 5.41) is 16.8. The lowest BCUT2D eigenvalue weighted by atomic mass is 10.0. The predicted molar refractivity (Wildman–Crippen MR) is 128 cm³/mol. The molecule has 3 unspecified atom stereocenters. The summed E-state index contributed by atoms with van der Waals surface area (Å²) in [5.74, 6) is -4.33. The Morgan fingerprint density at radius 2 is 1.66 bits per heavy atom. The molecule has 0 aliphatic carbocycles. The number of aromatic amines is 1. The molecular formula is C23H32N6O6. The van der Waals surface area contributed by atoms with E-state index in [1.54, 1.807) is 6.20 Å². The van der Waals surface area contributed by atoms with Gasteiger partial charge in [0.2, 0.25) is 23.6 Å². The lowest BCUT2D eigenvalue weighted by Gasteiger charge is -2.24. The average molecular weight is 489 g/mol. The van der Waals surface area contributed by atoms with Crippen LogP contribution in [0, 0.1) is 5.92 Å². The number of carboxylic acid groups (broad SMARTS) is 1. The molecule has 2 aromatic rings. The molecule has 190 valence electrons. The number of hydrogen-bond donors (Lipinski definition) is 7. The van der Waals surface area contributed by atoms with Gasteiger partial charge in [0.05, 0.1) is 12.5 Å². The van der Waals surface area contributed by atoms with Crippen LogP contribution in [-0.2, 0) is 30.4 Å². The molecule has 2 rings (SSSR count). The number of aromatic nitrogens is 1. The number of aliphatic carboxylic acids is 1. The summed E-state index contributed by atoms with van der Waals surface area (Å²) in [6, 6.07) is 4.20.